The van der Waals surface area contributed by atoms with Gasteiger partial charge in [-0.2, -0.15) is 4.72 Å². The summed E-state index contributed by atoms with van der Waals surface area (Å²) < 4.78 is 28.0. The highest BCUT2D eigenvalue weighted by Gasteiger charge is 2.31. The normalized spacial score (nSPS) is 16.6. The van der Waals surface area contributed by atoms with Gasteiger partial charge in [-0.1, -0.05) is 32.9 Å². The predicted octanol–water partition coefficient (Wildman–Crippen LogP) is 2.56. The van der Waals surface area contributed by atoms with Crippen LogP contribution < -0.4 is 4.72 Å². The Morgan fingerprint density at radius 3 is 2.25 bits per heavy atom. The molecule has 1 heterocycles. The summed E-state index contributed by atoms with van der Waals surface area (Å²) in [6.45, 7) is 7.46. The van der Waals surface area contributed by atoms with Crippen molar-refractivity contribution >= 4 is 15.9 Å². The number of benzene rings is 1. The Bertz CT molecular complexity index is 647. The number of carbonyl (C=O) groups excluding carboxylic acids is 1. The van der Waals surface area contributed by atoms with Crippen LogP contribution in [0.4, 0.5) is 0 Å². The maximum absolute atomic E-state index is 12.7. The largest absolute Gasteiger partial charge is 0.341 e. The van der Waals surface area contributed by atoms with E-state index in [-0.39, 0.29) is 16.7 Å². The summed E-state index contributed by atoms with van der Waals surface area (Å²) in [6, 6.07) is 6.14. The second kappa shape index (κ2) is 8.12. The molecule has 1 aromatic rings. The van der Waals surface area contributed by atoms with Gasteiger partial charge in [0, 0.05) is 13.1 Å². The van der Waals surface area contributed by atoms with E-state index in [0.29, 0.717) is 6.42 Å². The van der Waals surface area contributed by atoms with Gasteiger partial charge in [0.15, 0.2) is 0 Å². The molecule has 0 aromatic heterocycles. The lowest BCUT2D eigenvalue weighted by Crippen LogP contribution is -2.48. The Balaban J connectivity index is 2.18. The van der Waals surface area contributed by atoms with Crippen LogP contribution in [0.25, 0.3) is 0 Å². The fourth-order valence-corrected chi connectivity index (χ4v) is 4.19. The topological polar surface area (TPSA) is 66.5 Å². The number of nitrogens with one attached hydrogen (secondary N) is 1. The van der Waals surface area contributed by atoms with Crippen LogP contribution in [-0.4, -0.2) is 38.4 Å². The van der Waals surface area contributed by atoms with Gasteiger partial charge < -0.3 is 4.90 Å². The molecule has 5 nitrogen and oxygen atoms in total. The Morgan fingerprint density at radius 1 is 1.17 bits per heavy atom. The van der Waals surface area contributed by atoms with Crippen LogP contribution in [0, 0.1) is 5.92 Å². The van der Waals surface area contributed by atoms with Gasteiger partial charge >= 0.3 is 0 Å². The highest BCUT2D eigenvalue weighted by Crippen LogP contribution is 2.17. The van der Waals surface area contributed by atoms with Crippen molar-refractivity contribution in [3.05, 3.63) is 29.8 Å². The van der Waals surface area contributed by atoms with Crippen molar-refractivity contribution < 1.29 is 13.2 Å². The predicted molar refractivity (Wildman–Crippen MR) is 95.2 cm³/mol. The monoisotopic (exact) mass is 352 g/mol. The van der Waals surface area contributed by atoms with E-state index in [2.05, 4.69) is 4.72 Å². The van der Waals surface area contributed by atoms with Gasteiger partial charge in [-0.05, 0) is 49.3 Å². The molecule has 1 amide bonds. The Hall–Kier alpha value is -1.40. The van der Waals surface area contributed by atoms with Gasteiger partial charge in [-0.15, -0.1) is 0 Å². The van der Waals surface area contributed by atoms with Crippen molar-refractivity contribution in [2.24, 2.45) is 5.92 Å². The first-order valence-electron chi connectivity index (χ1n) is 8.73. The molecule has 0 bridgehead atoms. The van der Waals surface area contributed by atoms with Crippen molar-refractivity contribution in [1.29, 1.82) is 0 Å². The molecule has 1 N–H and O–H groups in total. The first kappa shape index (κ1) is 18.9. The van der Waals surface area contributed by atoms with Crippen molar-refractivity contribution in [1.82, 2.24) is 9.62 Å². The van der Waals surface area contributed by atoms with E-state index in [1.165, 1.54) is 0 Å². The molecule has 1 fully saturated rings. The number of aryl methyl sites for hydroxylation is 1. The summed E-state index contributed by atoms with van der Waals surface area (Å²) in [5.41, 5.74) is 1.08. The maximum Gasteiger partial charge on any atom is 0.241 e. The Labute approximate surface area is 145 Å². The fraction of sp³-hybridized carbons (Fsp3) is 0.611. The lowest BCUT2D eigenvalue weighted by molar-refractivity contribution is -0.132. The van der Waals surface area contributed by atoms with Crippen molar-refractivity contribution in [3.8, 4) is 0 Å². The molecule has 1 aromatic carbocycles. The molecule has 1 aliphatic rings. The van der Waals surface area contributed by atoms with Crippen LogP contribution in [-0.2, 0) is 21.2 Å². The quantitative estimate of drug-likeness (QED) is 0.820. The lowest BCUT2D eigenvalue weighted by Gasteiger charge is -2.25. The molecule has 0 saturated carbocycles. The van der Waals surface area contributed by atoms with Crippen LogP contribution in [0.1, 0.15) is 45.6 Å². The minimum absolute atomic E-state index is 0.102. The molecule has 1 atom stereocenters. The zero-order chi connectivity index (χ0) is 17.7. The van der Waals surface area contributed by atoms with E-state index in [9.17, 15) is 13.2 Å². The third-order valence-corrected chi connectivity index (χ3v) is 5.85. The second-order valence-corrected chi connectivity index (χ2v) is 8.55. The van der Waals surface area contributed by atoms with Gasteiger partial charge in [-0.25, -0.2) is 8.42 Å². The summed E-state index contributed by atoms with van der Waals surface area (Å²) in [5.74, 6) is 0.127. The van der Waals surface area contributed by atoms with E-state index in [0.717, 1.165) is 37.9 Å². The van der Waals surface area contributed by atoms with Gasteiger partial charge in [0.05, 0.1) is 4.90 Å². The summed E-state index contributed by atoms with van der Waals surface area (Å²) in [6.07, 6.45) is 3.34. The molecular formula is C18H28N2O3S. The number of carbonyl (C=O) groups is 1. The number of hydrogen-bond acceptors (Lipinski definition) is 3. The summed E-state index contributed by atoms with van der Waals surface area (Å²) in [7, 11) is -3.70. The van der Waals surface area contributed by atoms with Gasteiger partial charge in [-0.3, -0.25) is 4.79 Å². The number of hydrogen-bond donors (Lipinski definition) is 1. The molecule has 134 valence electrons. The Morgan fingerprint density at radius 2 is 1.75 bits per heavy atom. The van der Waals surface area contributed by atoms with E-state index in [4.69, 9.17) is 0 Å². The van der Waals surface area contributed by atoms with Crippen LogP contribution in [0.15, 0.2) is 29.2 Å². The molecule has 0 radical (unpaired) electrons. The lowest BCUT2D eigenvalue weighted by atomic mass is 10.0. The first-order chi connectivity index (χ1) is 11.3. The van der Waals surface area contributed by atoms with E-state index in [1.54, 1.807) is 17.0 Å². The summed E-state index contributed by atoms with van der Waals surface area (Å²) >= 11 is 0. The third kappa shape index (κ3) is 4.80. The van der Waals surface area contributed by atoms with Crippen molar-refractivity contribution in [2.75, 3.05) is 13.1 Å². The highest BCUT2D eigenvalue weighted by atomic mass is 32.2. The van der Waals surface area contributed by atoms with Crippen molar-refractivity contribution in [2.45, 2.75) is 57.4 Å². The second-order valence-electron chi connectivity index (χ2n) is 6.83. The maximum atomic E-state index is 12.7. The molecule has 1 saturated heterocycles. The van der Waals surface area contributed by atoms with Crippen LogP contribution in [0.2, 0.25) is 0 Å². The molecule has 6 heteroatoms. The fourth-order valence-electron chi connectivity index (χ4n) is 2.99. The van der Waals surface area contributed by atoms with Crippen LogP contribution in [0.5, 0.6) is 0 Å². The molecule has 0 aliphatic carbocycles. The number of nitrogens with zero attached hydrogens (tertiary/aromatic N) is 1. The smallest absolute Gasteiger partial charge is 0.241 e. The summed E-state index contributed by atoms with van der Waals surface area (Å²) in [5, 5.41) is 0. The van der Waals surface area contributed by atoms with Gasteiger partial charge in [0.25, 0.3) is 0 Å². The summed E-state index contributed by atoms with van der Waals surface area (Å²) in [4.78, 5) is 14.7. The number of rotatable bonds is 7. The Kier molecular flexibility index (Phi) is 6.40. The number of sulfonamides is 1. The van der Waals surface area contributed by atoms with Crippen molar-refractivity contribution in [3.63, 3.8) is 0 Å². The average molecular weight is 353 g/mol. The van der Waals surface area contributed by atoms with Crippen LogP contribution in [0.3, 0.4) is 0 Å². The zero-order valence-corrected chi connectivity index (χ0v) is 15.6. The standard InChI is InChI=1S/C18H28N2O3S/c1-4-15-7-9-16(10-8-15)24(22,23)19-17(13-14(2)3)18(21)20-11-5-6-12-20/h7-10,14,17,19H,4-6,11-13H2,1-3H3/t17-/m1/s1. The first-order valence-corrected chi connectivity index (χ1v) is 10.2. The average Bonchev–Trinajstić information content (AvgIpc) is 3.07. The van der Waals surface area contributed by atoms with Crippen LogP contribution >= 0.6 is 0 Å². The van der Waals surface area contributed by atoms with E-state index >= 15 is 0 Å². The van der Waals surface area contributed by atoms with Gasteiger partial charge in [0.2, 0.25) is 15.9 Å². The minimum atomic E-state index is -3.70. The van der Waals surface area contributed by atoms with Gasteiger partial charge in [0.1, 0.15) is 6.04 Å². The number of amides is 1. The molecule has 1 aliphatic heterocycles. The minimum Gasteiger partial charge on any atom is -0.341 e. The van der Waals surface area contributed by atoms with E-state index < -0.39 is 16.1 Å². The molecule has 0 spiro atoms. The zero-order valence-electron chi connectivity index (χ0n) is 14.8. The SMILES string of the molecule is CCc1ccc(S(=O)(=O)N[C@H](CC(C)C)C(=O)N2CCCC2)cc1. The molecule has 2 rings (SSSR count). The molecular weight excluding hydrogens is 324 g/mol. The molecule has 0 unspecified atom stereocenters. The number of likely N-dealkylation sites (tertiary alicyclic amines) is 1. The van der Waals surface area contributed by atoms with E-state index in [1.807, 2.05) is 32.9 Å². The third-order valence-electron chi connectivity index (χ3n) is 4.36. The molecule has 24 heavy (non-hydrogen) atoms. The highest BCUT2D eigenvalue weighted by molar-refractivity contribution is 7.89.